The van der Waals surface area contributed by atoms with Crippen LogP contribution in [-0.4, -0.2) is 38.0 Å². The predicted molar refractivity (Wildman–Crippen MR) is 81.2 cm³/mol. The second kappa shape index (κ2) is 7.03. The van der Waals surface area contributed by atoms with E-state index in [1.165, 1.54) is 4.88 Å². The summed E-state index contributed by atoms with van der Waals surface area (Å²) >= 11 is 1.71. The predicted octanol–water partition coefficient (Wildman–Crippen LogP) is 1.84. The molecule has 0 bridgehead atoms. The van der Waals surface area contributed by atoms with Crippen LogP contribution in [0.25, 0.3) is 0 Å². The molecule has 0 aromatic carbocycles. The summed E-state index contributed by atoms with van der Waals surface area (Å²) in [5.41, 5.74) is 5.24. The highest BCUT2D eigenvalue weighted by Gasteiger charge is 2.30. The fourth-order valence-electron chi connectivity index (χ4n) is 1.82. The van der Waals surface area contributed by atoms with E-state index in [1.807, 2.05) is 34.0 Å². The van der Waals surface area contributed by atoms with Gasteiger partial charge in [-0.25, -0.2) is 0 Å². The van der Waals surface area contributed by atoms with Crippen molar-refractivity contribution in [3.05, 3.63) is 22.4 Å². The molecule has 0 aliphatic carbocycles. The van der Waals surface area contributed by atoms with Crippen molar-refractivity contribution in [1.29, 1.82) is 0 Å². The lowest BCUT2D eigenvalue weighted by Crippen LogP contribution is -2.45. The van der Waals surface area contributed by atoms with Crippen LogP contribution in [0.4, 0.5) is 0 Å². The van der Waals surface area contributed by atoms with Gasteiger partial charge < -0.3 is 16.0 Å². The van der Waals surface area contributed by atoms with Crippen LogP contribution in [0.5, 0.6) is 0 Å². The molecule has 1 aromatic heterocycles. The molecular formula is C14H25N3OS. The maximum atomic E-state index is 12.2. The number of nitrogens with zero attached hydrogens (tertiary/aromatic N) is 1. The first kappa shape index (κ1) is 16.1. The first-order chi connectivity index (χ1) is 8.94. The number of carbonyl (C=O) groups is 1. The molecule has 0 aliphatic heterocycles. The van der Waals surface area contributed by atoms with Crippen LogP contribution >= 0.6 is 11.3 Å². The lowest BCUT2D eigenvalue weighted by atomic mass is 9.86. The van der Waals surface area contributed by atoms with Crippen molar-refractivity contribution < 1.29 is 4.79 Å². The van der Waals surface area contributed by atoms with Crippen LogP contribution in [0.1, 0.15) is 31.2 Å². The lowest BCUT2D eigenvalue weighted by molar-refractivity contribution is -0.130. The Bertz CT molecular complexity index is 385. The van der Waals surface area contributed by atoms with Crippen molar-refractivity contribution in [2.45, 2.75) is 26.3 Å². The third-order valence-electron chi connectivity index (χ3n) is 3.73. The second-order valence-electron chi connectivity index (χ2n) is 5.32. The highest BCUT2D eigenvalue weighted by Crippen LogP contribution is 2.24. The van der Waals surface area contributed by atoms with Gasteiger partial charge in [-0.15, -0.1) is 11.3 Å². The molecule has 1 heterocycles. The Labute approximate surface area is 120 Å². The number of rotatable bonds is 7. The van der Waals surface area contributed by atoms with E-state index >= 15 is 0 Å². The summed E-state index contributed by atoms with van der Waals surface area (Å²) in [5.74, 6) is 0.0425. The zero-order valence-electron chi connectivity index (χ0n) is 12.3. The Hall–Kier alpha value is -0.910. The van der Waals surface area contributed by atoms with E-state index in [0.29, 0.717) is 13.1 Å². The molecule has 0 spiro atoms. The van der Waals surface area contributed by atoms with Crippen molar-refractivity contribution >= 4 is 17.2 Å². The van der Waals surface area contributed by atoms with E-state index in [0.717, 1.165) is 6.42 Å². The Kier molecular flexibility index (Phi) is 5.97. The number of amides is 1. The summed E-state index contributed by atoms with van der Waals surface area (Å²) in [6.45, 7) is 4.90. The minimum atomic E-state index is -0.466. The van der Waals surface area contributed by atoms with Gasteiger partial charge >= 0.3 is 0 Å². The van der Waals surface area contributed by atoms with Crippen LogP contribution < -0.4 is 11.1 Å². The van der Waals surface area contributed by atoms with Crippen molar-refractivity contribution in [1.82, 2.24) is 10.2 Å². The monoisotopic (exact) mass is 283 g/mol. The zero-order valence-corrected chi connectivity index (χ0v) is 13.1. The van der Waals surface area contributed by atoms with E-state index in [9.17, 15) is 4.79 Å². The largest absolute Gasteiger partial charge is 0.354 e. The standard InChI is InChI=1S/C14H25N3OS/c1-5-14(2,10-15)13(18)16-9-11(17(3)4)12-7-6-8-19-12/h6-8,11H,5,9-10,15H2,1-4H3,(H,16,18). The van der Waals surface area contributed by atoms with Crippen LogP contribution in [-0.2, 0) is 4.79 Å². The topological polar surface area (TPSA) is 58.4 Å². The zero-order chi connectivity index (χ0) is 14.5. The van der Waals surface area contributed by atoms with Crippen molar-refractivity contribution in [2.75, 3.05) is 27.2 Å². The van der Waals surface area contributed by atoms with Gasteiger partial charge in [0.15, 0.2) is 0 Å². The molecule has 0 saturated carbocycles. The molecule has 108 valence electrons. The highest BCUT2D eigenvalue weighted by molar-refractivity contribution is 7.10. The molecule has 0 saturated heterocycles. The van der Waals surface area contributed by atoms with Gasteiger partial charge in [0.2, 0.25) is 5.91 Å². The molecule has 4 nitrogen and oxygen atoms in total. The first-order valence-corrected chi connectivity index (χ1v) is 7.50. The number of nitrogens with one attached hydrogen (secondary N) is 1. The molecule has 0 aliphatic rings. The van der Waals surface area contributed by atoms with Gasteiger partial charge in [0, 0.05) is 18.0 Å². The maximum absolute atomic E-state index is 12.2. The third kappa shape index (κ3) is 4.03. The van der Waals surface area contributed by atoms with Crippen LogP contribution in [0.2, 0.25) is 0 Å². The van der Waals surface area contributed by atoms with E-state index in [4.69, 9.17) is 5.73 Å². The fourth-order valence-corrected chi connectivity index (χ4v) is 2.74. The van der Waals surface area contributed by atoms with E-state index in [-0.39, 0.29) is 11.9 Å². The minimum absolute atomic E-state index is 0.0425. The van der Waals surface area contributed by atoms with E-state index < -0.39 is 5.41 Å². The lowest BCUT2D eigenvalue weighted by Gasteiger charge is -2.28. The van der Waals surface area contributed by atoms with Crippen LogP contribution in [0.3, 0.4) is 0 Å². The van der Waals surface area contributed by atoms with Gasteiger partial charge in [-0.2, -0.15) is 0 Å². The Morgan fingerprint density at radius 1 is 1.58 bits per heavy atom. The van der Waals surface area contributed by atoms with Crippen molar-refractivity contribution in [3.63, 3.8) is 0 Å². The summed E-state index contributed by atoms with van der Waals surface area (Å²) < 4.78 is 0. The normalized spacial score (nSPS) is 16.1. The molecule has 1 aromatic rings. The summed E-state index contributed by atoms with van der Waals surface area (Å²) in [6, 6.07) is 4.35. The number of hydrogen-bond acceptors (Lipinski definition) is 4. The number of hydrogen-bond donors (Lipinski definition) is 2. The van der Waals surface area contributed by atoms with E-state index in [2.05, 4.69) is 21.7 Å². The van der Waals surface area contributed by atoms with Gasteiger partial charge in [-0.1, -0.05) is 13.0 Å². The SMILES string of the molecule is CCC(C)(CN)C(=O)NCC(c1cccs1)N(C)C. The molecule has 5 heteroatoms. The average Bonchev–Trinajstić information content (AvgIpc) is 2.91. The Balaban J connectivity index is 2.66. The first-order valence-electron chi connectivity index (χ1n) is 6.62. The molecule has 19 heavy (non-hydrogen) atoms. The molecule has 3 N–H and O–H groups in total. The van der Waals surface area contributed by atoms with Gasteiger partial charge in [-0.3, -0.25) is 4.79 Å². The summed E-state index contributed by atoms with van der Waals surface area (Å²) in [4.78, 5) is 15.6. The van der Waals surface area contributed by atoms with Crippen molar-refractivity contribution in [2.24, 2.45) is 11.1 Å². The fraction of sp³-hybridized carbons (Fsp3) is 0.643. The quantitative estimate of drug-likeness (QED) is 0.803. The molecular weight excluding hydrogens is 258 g/mol. The molecule has 1 amide bonds. The van der Waals surface area contributed by atoms with Gasteiger partial charge in [0.25, 0.3) is 0 Å². The number of likely N-dealkylation sites (N-methyl/N-ethyl adjacent to an activating group) is 1. The maximum Gasteiger partial charge on any atom is 0.227 e. The summed E-state index contributed by atoms with van der Waals surface area (Å²) in [7, 11) is 4.05. The summed E-state index contributed by atoms with van der Waals surface area (Å²) in [5, 5.41) is 5.10. The molecule has 1 rings (SSSR count). The van der Waals surface area contributed by atoms with Crippen molar-refractivity contribution in [3.8, 4) is 0 Å². The van der Waals surface area contributed by atoms with Gasteiger partial charge in [0.1, 0.15) is 0 Å². The molecule has 2 unspecified atom stereocenters. The van der Waals surface area contributed by atoms with Gasteiger partial charge in [-0.05, 0) is 38.9 Å². The average molecular weight is 283 g/mol. The minimum Gasteiger partial charge on any atom is -0.354 e. The number of nitrogens with two attached hydrogens (primary N) is 1. The summed E-state index contributed by atoms with van der Waals surface area (Å²) in [6.07, 6.45) is 0.751. The third-order valence-corrected chi connectivity index (χ3v) is 4.70. The smallest absolute Gasteiger partial charge is 0.227 e. The van der Waals surface area contributed by atoms with Crippen LogP contribution in [0.15, 0.2) is 17.5 Å². The molecule has 0 radical (unpaired) electrons. The van der Waals surface area contributed by atoms with Crippen LogP contribution in [0, 0.1) is 5.41 Å². The van der Waals surface area contributed by atoms with Gasteiger partial charge in [0.05, 0.1) is 11.5 Å². The molecule has 0 fully saturated rings. The second-order valence-corrected chi connectivity index (χ2v) is 6.30. The molecule has 2 atom stereocenters. The van der Waals surface area contributed by atoms with E-state index in [1.54, 1.807) is 11.3 Å². The Morgan fingerprint density at radius 2 is 2.26 bits per heavy atom. The Morgan fingerprint density at radius 3 is 2.68 bits per heavy atom. The number of carbonyl (C=O) groups excluding carboxylic acids is 1. The number of thiophene rings is 1. The highest BCUT2D eigenvalue weighted by atomic mass is 32.1.